The second-order valence-electron chi connectivity index (χ2n) is 6.74. The first kappa shape index (κ1) is 16.2. The van der Waals surface area contributed by atoms with Crippen molar-refractivity contribution in [2.75, 3.05) is 6.54 Å². The van der Waals surface area contributed by atoms with E-state index in [2.05, 4.69) is 52.8 Å². The van der Waals surface area contributed by atoms with Crippen molar-refractivity contribution in [3.8, 4) is 0 Å². The average Bonchev–Trinajstić information content (AvgIpc) is 2.34. The molecule has 0 fully saturated rings. The van der Waals surface area contributed by atoms with Crippen LogP contribution in [0.1, 0.15) is 63.6 Å². The smallest absolute Gasteiger partial charge is 0.113 e. The lowest BCUT2D eigenvalue weighted by molar-refractivity contribution is 0.322. The minimum Gasteiger partial charge on any atom is -0.328 e. The first-order valence-electron chi connectivity index (χ1n) is 7.22. The molecule has 1 aromatic rings. The maximum atomic E-state index is 13.3. The topological polar surface area (TPSA) is 26.0 Å². The lowest BCUT2D eigenvalue weighted by Gasteiger charge is -2.22. The third-order valence-electron chi connectivity index (χ3n) is 3.55. The van der Waals surface area contributed by atoms with Crippen LogP contribution in [0.2, 0.25) is 0 Å². The number of nitrogens with two attached hydrogens (primary N) is 1. The Morgan fingerprint density at radius 1 is 1.16 bits per heavy atom. The second-order valence-corrected chi connectivity index (χ2v) is 6.74. The summed E-state index contributed by atoms with van der Waals surface area (Å²) in [6, 6.07) is 6.71. The lowest BCUT2D eigenvalue weighted by atomic mass is 9.83. The van der Waals surface area contributed by atoms with Gasteiger partial charge in [-0.05, 0) is 40.9 Å². The SMILES string of the molecule is CC(C)c1cc(CC[C@@H](F)CN)cc(C(C)(C)C)c1. The molecule has 2 heteroatoms. The highest BCUT2D eigenvalue weighted by molar-refractivity contribution is 5.35. The molecule has 0 unspecified atom stereocenters. The van der Waals surface area contributed by atoms with Crippen LogP contribution in [-0.4, -0.2) is 12.7 Å². The van der Waals surface area contributed by atoms with E-state index in [0.717, 1.165) is 6.42 Å². The fourth-order valence-electron chi connectivity index (χ4n) is 2.07. The molecule has 0 aliphatic carbocycles. The highest BCUT2D eigenvalue weighted by atomic mass is 19.1. The summed E-state index contributed by atoms with van der Waals surface area (Å²) in [7, 11) is 0. The summed E-state index contributed by atoms with van der Waals surface area (Å²) >= 11 is 0. The van der Waals surface area contributed by atoms with Gasteiger partial charge < -0.3 is 5.73 Å². The predicted molar refractivity (Wildman–Crippen MR) is 81.5 cm³/mol. The van der Waals surface area contributed by atoms with Gasteiger partial charge in [0.1, 0.15) is 6.17 Å². The van der Waals surface area contributed by atoms with E-state index in [9.17, 15) is 4.39 Å². The van der Waals surface area contributed by atoms with E-state index >= 15 is 0 Å². The molecule has 1 atom stereocenters. The van der Waals surface area contributed by atoms with Crippen molar-refractivity contribution in [1.82, 2.24) is 0 Å². The summed E-state index contributed by atoms with van der Waals surface area (Å²) in [5.74, 6) is 0.497. The van der Waals surface area contributed by atoms with Gasteiger partial charge >= 0.3 is 0 Å². The monoisotopic (exact) mass is 265 g/mol. The molecule has 0 bridgehead atoms. The van der Waals surface area contributed by atoms with Crippen molar-refractivity contribution in [2.45, 2.75) is 65.0 Å². The molecule has 0 aromatic heterocycles. The minimum atomic E-state index is -0.888. The molecule has 108 valence electrons. The van der Waals surface area contributed by atoms with Crippen LogP contribution in [0.5, 0.6) is 0 Å². The van der Waals surface area contributed by atoms with Gasteiger partial charge in [-0.25, -0.2) is 4.39 Å². The molecule has 19 heavy (non-hydrogen) atoms. The molecule has 0 saturated heterocycles. The van der Waals surface area contributed by atoms with Gasteiger partial charge in [-0.2, -0.15) is 0 Å². The summed E-state index contributed by atoms with van der Waals surface area (Å²) in [6.07, 6.45) is 0.393. The van der Waals surface area contributed by atoms with E-state index in [-0.39, 0.29) is 12.0 Å². The fourth-order valence-corrected chi connectivity index (χ4v) is 2.07. The first-order chi connectivity index (χ1) is 8.74. The molecular weight excluding hydrogens is 237 g/mol. The van der Waals surface area contributed by atoms with Gasteiger partial charge in [-0.3, -0.25) is 0 Å². The Labute approximate surface area is 117 Å². The number of benzene rings is 1. The minimum absolute atomic E-state index is 0.121. The lowest BCUT2D eigenvalue weighted by Crippen LogP contribution is -2.16. The van der Waals surface area contributed by atoms with Crippen LogP contribution in [0, 0.1) is 0 Å². The maximum absolute atomic E-state index is 13.3. The number of hydrogen-bond acceptors (Lipinski definition) is 1. The van der Waals surface area contributed by atoms with Gasteiger partial charge in [0, 0.05) is 6.54 Å². The molecule has 1 rings (SSSR count). The summed E-state index contributed by atoms with van der Waals surface area (Å²) in [5.41, 5.74) is 9.36. The standard InChI is InChI=1S/C17H28FN/c1-12(2)14-8-13(6-7-16(18)11-19)9-15(10-14)17(3,4)5/h8-10,12,16H,6-7,11,19H2,1-5H3/t16-/m1/s1. The molecule has 0 spiro atoms. The molecule has 1 aromatic carbocycles. The second kappa shape index (κ2) is 6.51. The Kier molecular flexibility index (Phi) is 5.54. The quantitative estimate of drug-likeness (QED) is 0.842. The Hall–Kier alpha value is -0.890. The van der Waals surface area contributed by atoms with Crippen LogP contribution in [0.4, 0.5) is 4.39 Å². The highest BCUT2D eigenvalue weighted by Crippen LogP contribution is 2.28. The fraction of sp³-hybridized carbons (Fsp3) is 0.647. The number of alkyl halides is 1. The zero-order valence-corrected chi connectivity index (χ0v) is 13.0. The number of hydrogen-bond donors (Lipinski definition) is 1. The molecule has 1 nitrogen and oxygen atoms in total. The summed E-state index contributed by atoms with van der Waals surface area (Å²) in [6.45, 7) is 11.2. The Balaban J connectivity index is 3.00. The van der Waals surface area contributed by atoms with Crippen LogP contribution < -0.4 is 5.73 Å². The van der Waals surface area contributed by atoms with Gasteiger partial charge in [-0.15, -0.1) is 0 Å². The normalized spacial score (nSPS) is 13.9. The average molecular weight is 265 g/mol. The van der Waals surface area contributed by atoms with Crippen molar-refractivity contribution in [3.63, 3.8) is 0 Å². The number of aryl methyl sites for hydroxylation is 1. The predicted octanol–water partition coefficient (Wildman–Crippen LogP) is 4.34. The molecule has 0 radical (unpaired) electrons. The van der Waals surface area contributed by atoms with Gasteiger partial charge in [-0.1, -0.05) is 52.8 Å². The Morgan fingerprint density at radius 2 is 1.79 bits per heavy atom. The van der Waals surface area contributed by atoms with Gasteiger partial charge in [0.25, 0.3) is 0 Å². The highest BCUT2D eigenvalue weighted by Gasteiger charge is 2.16. The van der Waals surface area contributed by atoms with Crippen molar-refractivity contribution in [3.05, 3.63) is 34.9 Å². The number of halogens is 1. The molecular formula is C17H28FN. The van der Waals surface area contributed by atoms with E-state index < -0.39 is 6.17 Å². The van der Waals surface area contributed by atoms with Crippen molar-refractivity contribution in [2.24, 2.45) is 5.73 Å². The van der Waals surface area contributed by atoms with E-state index in [1.165, 1.54) is 16.7 Å². The first-order valence-corrected chi connectivity index (χ1v) is 7.22. The van der Waals surface area contributed by atoms with Crippen molar-refractivity contribution < 1.29 is 4.39 Å². The third kappa shape index (κ3) is 4.94. The Morgan fingerprint density at radius 3 is 2.26 bits per heavy atom. The number of rotatable bonds is 5. The molecule has 0 heterocycles. The van der Waals surface area contributed by atoms with Crippen LogP contribution in [0.25, 0.3) is 0 Å². The molecule has 2 N–H and O–H groups in total. The van der Waals surface area contributed by atoms with Crippen molar-refractivity contribution >= 4 is 0 Å². The summed E-state index contributed by atoms with van der Waals surface area (Å²) in [5, 5.41) is 0. The van der Waals surface area contributed by atoms with Crippen LogP contribution in [0.3, 0.4) is 0 Å². The van der Waals surface area contributed by atoms with E-state index in [4.69, 9.17) is 5.73 Å². The van der Waals surface area contributed by atoms with Gasteiger partial charge in [0.15, 0.2) is 0 Å². The van der Waals surface area contributed by atoms with Crippen LogP contribution in [-0.2, 0) is 11.8 Å². The van der Waals surface area contributed by atoms with Crippen LogP contribution >= 0.6 is 0 Å². The molecule has 0 saturated carbocycles. The van der Waals surface area contributed by atoms with Crippen LogP contribution in [0.15, 0.2) is 18.2 Å². The third-order valence-corrected chi connectivity index (χ3v) is 3.55. The van der Waals surface area contributed by atoms with Gasteiger partial charge in [0.2, 0.25) is 0 Å². The Bertz CT molecular complexity index is 404. The zero-order valence-electron chi connectivity index (χ0n) is 13.0. The van der Waals surface area contributed by atoms with E-state index in [0.29, 0.717) is 12.3 Å². The van der Waals surface area contributed by atoms with Crippen molar-refractivity contribution in [1.29, 1.82) is 0 Å². The summed E-state index contributed by atoms with van der Waals surface area (Å²) in [4.78, 5) is 0. The van der Waals surface area contributed by atoms with E-state index in [1.54, 1.807) is 0 Å². The largest absolute Gasteiger partial charge is 0.328 e. The molecule has 0 aliphatic heterocycles. The van der Waals surface area contributed by atoms with Gasteiger partial charge in [0.05, 0.1) is 0 Å². The van der Waals surface area contributed by atoms with E-state index in [1.807, 2.05) is 0 Å². The summed E-state index contributed by atoms with van der Waals surface area (Å²) < 4.78 is 13.3. The molecule has 0 amide bonds. The maximum Gasteiger partial charge on any atom is 0.113 e. The zero-order chi connectivity index (χ0) is 14.6. The molecule has 0 aliphatic rings.